The molecule has 0 unspecified atom stereocenters. The molecule has 0 aromatic heterocycles. The number of hydrogen-bond donors (Lipinski definition) is 1. The third-order valence-corrected chi connectivity index (χ3v) is 3.07. The van der Waals surface area contributed by atoms with Crippen LogP contribution in [0.1, 0.15) is 20.3 Å². The van der Waals surface area contributed by atoms with Crippen LogP contribution in [0.25, 0.3) is 0 Å². The van der Waals surface area contributed by atoms with Crippen molar-refractivity contribution in [1.29, 1.82) is 0 Å². The summed E-state index contributed by atoms with van der Waals surface area (Å²) in [4.78, 5) is 10.3. The van der Waals surface area contributed by atoms with E-state index in [2.05, 4.69) is 0 Å². The molecule has 0 saturated carbocycles. The van der Waals surface area contributed by atoms with E-state index >= 15 is 0 Å². The number of ether oxygens (including phenoxy) is 2. The maximum absolute atomic E-state index is 11.4. The summed E-state index contributed by atoms with van der Waals surface area (Å²) >= 11 is 0. The molecule has 0 fully saturated rings. The Bertz CT molecular complexity index is 364. The van der Waals surface area contributed by atoms with E-state index in [1.807, 2.05) is 0 Å². The van der Waals surface area contributed by atoms with Crippen LogP contribution in [0.3, 0.4) is 0 Å². The summed E-state index contributed by atoms with van der Waals surface area (Å²) in [5, 5.41) is 8.60. The summed E-state index contributed by atoms with van der Waals surface area (Å²) in [7, 11) is -3.57. The molecule has 7 heteroatoms. The lowest BCUT2D eigenvalue weighted by atomic mass is 10.3. The number of hydrogen-bond acceptors (Lipinski definition) is 5. The highest BCUT2D eigenvalue weighted by atomic mass is 32.2. The van der Waals surface area contributed by atoms with Crippen molar-refractivity contribution in [3.63, 3.8) is 0 Å². The maximum atomic E-state index is 11.4. The van der Waals surface area contributed by atoms with Crippen LogP contribution >= 0.6 is 0 Å². The highest BCUT2D eigenvalue weighted by molar-refractivity contribution is 7.94. The number of sulfone groups is 1. The van der Waals surface area contributed by atoms with Gasteiger partial charge < -0.3 is 14.6 Å². The zero-order valence-electron chi connectivity index (χ0n) is 10.2. The smallest absolute Gasteiger partial charge is 0.329 e. The fraction of sp³-hybridized carbons (Fsp3) is 0.700. The van der Waals surface area contributed by atoms with Crippen molar-refractivity contribution in [2.75, 3.05) is 19.5 Å². The first kappa shape index (κ1) is 16.1. The normalized spacial score (nSPS) is 13.1. The Labute approximate surface area is 101 Å². The van der Waals surface area contributed by atoms with Gasteiger partial charge in [0, 0.05) is 32.0 Å². The van der Waals surface area contributed by atoms with Crippen molar-refractivity contribution in [3.05, 3.63) is 11.0 Å². The van der Waals surface area contributed by atoms with Crippen molar-refractivity contribution in [3.8, 4) is 0 Å². The van der Waals surface area contributed by atoms with E-state index in [0.717, 1.165) is 6.26 Å². The highest BCUT2D eigenvalue weighted by Gasteiger charge is 2.19. The van der Waals surface area contributed by atoms with Gasteiger partial charge >= 0.3 is 5.97 Å². The van der Waals surface area contributed by atoms with Crippen LogP contribution in [0.15, 0.2) is 11.0 Å². The molecule has 0 aromatic rings. The Morgan fingerprint density at radius 3 is 2.06 bits per heavy atom. The van der Waals surface area contributed by atoms with Gasteiger partial charge in [0.1, 0.15) is 0 Å². The van der Waals surface area contributed by atoms with Gasteiger partial charge in [-0.3, -0.25) is 0 Å². The maximum Gasteiger partial charge on any atom is 0.329 e. The first-order valence-electron chi connectivity index (χ1n) is 5.18. The lowest BCUT2D eigenvalue weighted by molar-refractivity contribution is -0.134. The molecular weight excluding hydrogens is 248 g/mol. The van der Waals surface area contributed by atoms with Gasteiger partial charge in [0.25, 0.3) is 0 Å². The summed E-state index contributed by atoms with van der Waals surface area (Å²) in [5.41, 5.74) is 0. The van der Waals surface area contributed by atoms with Gasteiger partial charge in [0.15, 0.2) is 16.1 Å². The fourth-order valence-corrected chi connectivity index (χ4v) is 1.91. The predicted molar refractivity (Wildman–Crippen MR) is 62.2 cm³/mol. The molecule has 0 radical (unpaired) electrons. The fourth-order valence-electron chi connectivity index (χ4n) is 1.16. The predicted octanol–water partition coefficient (Wildman–Crippen LogP) is 0.789. The molecule has 0 saturated heterocycles. The number of aliphatic carboxylic acids is 1. The molecule has 100 valence electrons. The summed E-state index contributed by atoms with van der Waals surface area (Å²) in [6, 6.07) is 0. The summed E-state index contributed by atoms with van der Waals surface area (Å²) in [6.07, 6.45) is 0.773. The van der Waals surface area contributed by atoms with Gasteiger partial charge in [-0.25, -0.2) is 13.2 Å². The molecule has 6 nitrogen and oxygen atoms in total. The average molecular weight is 266 g/mol. The van der Waals surface area contributed by atoms with Crippen LogP contribution in [0.5, 0.6) is 0 Å². The van der Waals surface area contributed by atoms with Gasteiger partial charge in [-0.2, -0.15) is 0 Å². The summed E-state index contributed by atoms with van der Waals surface area (Å²) in [6.45, 7) is 4.20. The van der Waals surface area contributed by atoms with Gasteiger partial charge in [-0.05, 0) is 13.8 Å². The van der Waals surface area contributed by atoms with Gasteiger partial charge in [-0.15, -0.1) is 0 Å². The van der Waals surface area contributed by atoms with Gasteiger partial charge in [0.2, 0.25) is 0 Å². The van der Waals surface area contributed by atoms with Crippen molar-refractivity contribution in [2.24, 2.45) is 0 Å². The third-order valence-electron chi connectivity index (χ3n) is 1.83. The first-order chi connectivity index (χ1) is 7.81. The molecule has 0 aliphatic heterocycles. The Hall–Kier alpha value is -0.920. The number of carbonyl (C=O) groups is 1. The van der Waals surface area contributed by atoms with E-state index in [0.29, 0.717) is 19.3 Å². The molecule has 0 atom stereocenters. The number of carboxylic acid groups (broad SMARTS) is 1. The Kier molecular flexibility index (Phi) is 7.01. The minimum Gasteiger partial charge on any atom is -0.478 e. The number of rotatable bonds is 8. The monoisotopic (exact) mass is 266 g/mol. The molecular formula is C10H18O6S. The molecule has 1 N–H and O–H groups in total. The zero-order chi connectivity index (χ0) is 13.5. The lowest BCUT2D eigenvalue weighted by Gasteiger charge is -2.17. The largest absolute Gasteiger partial charge is 0.478 e. The molecule has 0 rings (SSSR count). The minimum atomic E-state index is -3.57. The number of carboxylic acids is 1. The van der Waals surface area contributed by atoms with Crippen molar-refractivity contribution in [1.82, 2.24) is 0 Å². The van der Waals surface area contributed by atoms with Gasteiger partial charge in [0.05, 0.1) is 4.91 Å². The molecule has 0 aliphatic carbocycles. The molecule has 0 spiro atoms. The summed E-state index contributed by atoms with van der Waals surface area (Å²) in [5.74, 6) is -1.31. The van der Waals surface area contributed by atoms with Gasteiger partial charge in [-0.1, -0.05) is 0 Å². The van der Waals surface area contributed by atoms with E-state index in [4.69, 9.17) is 14.6 Å². The third kappa shape index (κ3) is 7.09. The van der Waals surface area contributed by atoms with Crippen molar-refractivity contribution < 1.29 is 27.8 Å². The molecule has 0 heterocycles. The quantitative estimate of drug-likeness (QED) is 0.516. The molecule has 0 bridgehead atoms. The minimum absolute atomic E-state index is 0.104. The summed E-state index contributed by atoms with van der Waals surface area (Å²) < 4.78 is 33.1. The van der Waals surface area contributed by atoms with Crippen LogP contribution in [0.4, 0.5) is 0 Å². The van der Waals surface area contributed by atoms with Crippen molar-refractivity contribution in [2.45, 2.75) is 26.6 Å². The standard InChI is InChI=1S/C10H18O6S/c1-4-15-10(16-5-2)7-8(6-9(11)12)17(3,13)14/h6,10H,4-5,7H2,1-3H3,(H,11,12)/b8-6-. The average Bonchev–Trinajstić information content (AvgIpc) is 2.15. The molecule has 17 heavy (non-hydrogen) atoms. The molecule has 0 aliphatic rings. The SMILES string of the molecule is CCOC(C/C(=C/C(=O)O)S(C)(=O)=O)OCC. The lowest BCUT2D eigenvalue weighted by Crippen LogP contribution is -2.20. The van der Waals surface area contributed by atoms with E-state index < -0.39 is 22.1 Å². The molecule has 0 amide bonds. The zero-order valence-corrected chi connectivity index (χ0v) is 11.0. The van der Waals surface area contributed by atoms with Crippen LogP contribution in [-0.2, 0) is 24.1 Å². The Morgan fingerprint density at radius 1 is 1.29 bits per heavy atom. The topological polar surface area (TPSA) is 89.9 Å². The van der Waals surface area contributed by atoms with Crippen LogP contribution in [0, 0.1) is 0 Å². The highest BCUT2D eigenvalue weighted by Crippen LogP contribution is 2.15. The van der Waals surface area contributed by atoms with Crippen LogP contribution in [0.2, 0.25) is 0 Å². The van der Waals surface area contributed by atoms with Crippen LogP contribution < -0.4 is 0 Å². The van der Waals surface area contributed by atoms with E-state index in [1.54, 1.807) is 13.8 Å². The van der Waals surface area contributed by atoms with E-state index in [1.165, 1.54) is 0 Å². The van der Waals surface area contributed by atoms with E-state index in [-0.39, 0.29) is 11.3 Å². The second-order valence-corrected chi connectivity index (χ2v) is 5.33. The van der Waals surface area contributed by atoms with Crippen LogP contribution in [-0.4, -0.2) is 45.3 Å². The second kappa shape index (κ2) is 7.41. The van der Waals surface area contributed by atoms with Crippen molar-refractivity contribution >= 4 is 15.8 Å². The Balaban J connectivity index is 4.90. The Morgan fingerprint density at radius 2 is 1.76 bits per heavy atom. The first-order valence-corrected chi connectivity index (χ1v) is 7.07. The second-order valence-electron chi connectivity index (χ2n) is 3.27. The molecule has 0 aromatic carbocycles. The van der Waals surface area contributed by atoms with E-state index in [9.17, 15) is 13.2 Å².